The highest BCUT2D eigenvalue weighted by Crippen LogP contribution is 2.16. The van der Waals surface area contributed by atoms with Gasteiger partial charge in [0.05, 0.1) is 0 Å². The van der Waals surface area contributed by atoms with E-state index in [-0.39, 0.29) is 0 Å². The summed E-state index contributed by atoms with van der Waals surface area (Å²) in [5.41, 5.74) is 1.28. The molecule has 12 heavy (non-hydrogen) atoms. The zero-order valence-electron chi connectivity index (χ0n) is 7.49. The average Bonchev–Trinajstić information content (AvgIpc) is 2.33. The van der Waals surface area contributed by atoms with Crippen molar-refractivity contribution in [2.24, 2.45) is 0 Å². The third kappa shape index (κ3) is 3.20. The Hall–Kier alpha value is -0.600. The summed E-state index contributed by atoms with van der Waals surface area (Å²) in [6.45, 7) is 0. The largest absolute Gasteiger partial charge is 0.368 e. The van der Waals surface area contributed by atoms with Gasteiger partial charge in [0.1, 0.15) is 0 Å². The molecule has 1 N–H and O–H groups in total. The predicted octanol–water partition coefficient (Wildman–Crippen LogP) is 2.01. The van der Waals surface area contributed by atoms with Crippen molar-refractivity contribution in [1.82, 2.24) is 0 Å². The van der Waals surface area contributed by atoms with E-state index in [2.05, 4.69) is 18.2 Å². The number of ether oxygens (including phenoxy) is 1. The van der Waals surface area contributed by atoms with Gasteiger partial charge in [-0.15, -0.1) is 0 Å². The van der Waals surface area contributed by atoms with Crippen LogP contribution in [0.2, 0.25) is 0 Å². The Morgan fingerprint density at radius 3 is 3.08 bits per heavy atom. The van der Waals surface area contributed by atoms with Crippen LogP contribution in [-0.4, -0.2) is 18.5 Å². The van der Waals surface area contributed by atoms with E-state index in [1.165, 1.54) is 12.7 Å². The van der Waals surface area contributed by atoms with Gasteiger partial charge in [-0.05, 0) is 19.3 Å². The lowest BCUT2D eigenvalue weighted by atomic mass is 10.1. The maximum Gasteiger partial charge on any atom is 0.157 e. The third-order valence-electron chi connectivity index (χ3n) is 2.02. The monoisotopic (exact) mass is 168 g/mol. The maximum absolute atomic E-state index is 9.21. The van der Waals surface area contributed by atoms with Gasteiger partial charge in [0, 0.05) is 13.5 Å². The van der Waals surface area contributed by atoms with Gasteiger partial charge in [-0.3, -0.25) is 0 Å². The van der Waals surface area contributed by atoms with Crippen LogP contribution in [0.5, 0.6) is 0 Å². The minimum absolute atomic E-state index is 0.636. The highest BCUT2D eigenvalue weighted by Gasteiger charge is 2.05. The first-order chi connectivity index (χ1) is 5.83. The Kier molecular flexibility index (Phi) is 4.05. The highest BCUT2D eigenvalue weighted by molar-refractivity contribution is 5.11. The van der Waals surface area contributed by atoms with Crippen LogP contribution in [0.1, 0.15) is 25.7 Å². The molecule has 0 radical (unpaired) electrons. The molecule has 0 heterocycles. The average molecular weight is 168 g/mol. The van der Waals surface area contributed by atoms with Gasteiger partial charge in [-0.2, -0.15) is 0 Å². The van der Waals surface area contributed by atoms with E-state index in [0.717, 1.165) is 19.3 Å². The number of aliphatic hydroxyl groups is 1. The van der Waals surface area contributed by atoms with Crippen molar-refractivity contribution in [3.8, 4) is 0 Å². The molecule has 0 fully saturated rings. The standard InChI is InChI=1S/C10H16O2/c1-12-10(11)8-9-6-4-2-3-5-7-9/h2,4,7,10-11H,3,5-6,8H2,1H3. The van der Waals surface area contributed by atoms with Crippen molar-refractivity contribution >= 4 is 0 Å². The van der Waals surface area contributed by atoms with E-state index in [1.54, 1.807) is 0 Å². The molecule has 0 aromatic heterocycles. The SMILES string of the molecule is COC(O)CC1=CCCC=CC1. The molecule has 1 aliphatic rings. The van der Waals surface area contributed by atoms with E-state index in [9.17, 15) is 5.11 Å². The second-order valence-corrected chi connectivity index (χ2v) is 3.01. The summed E-state index contributed by atoms with van der Waals surface area (Å²) in [5.74, 6) is 0. The van der Waals surface area contributed by atoms with Crippen LogP contribution in [-0.2, 0) is 4.74 Å². The molecule has 1 rings (SSSR count). The maximum atomic E-state index is 9.21. The third-order valence-corrected chi connectivity index (χ3v) is 2.02. The number of aliphatic hydroxyl groups excluding tert-OH is 1. The highest BCUT2D eigenvalue weighted by atomic mass is 16.6. The number of methoxy groups -OCH3 is 1. The first-order valence-electron chi connectivity index (χ1n) is 4.36. The summed E-state index contributed by atoms with van der Waals surface area (Å²) in [6.07, 6.45) is 9.70. The summed E-state index contributed by atoms with van der Waals surface area (Å²) in [5, 5.41) is 9.21. The summed E-state index contributed by atoms with van der Waals surface area (Å²) >= 11 is 0. The van der Waals surface area contributed by atoms with E-state index in [1.807, 2.05) is 0 Å². The van der Waals surface area contributed by atoms with Gasteiger partial charge < -0.3 is 9.84 Å². The van der Waals surface area contributed by atoms with Crippen molar-refractivity contribution in [1.29, 1.82) is 0 Å². The predicted molar refractivity (Wildman–Crippen MR) is 48.7 cm³/mol. The zero-order chi connectivity index (χ0) is 8.81. The molecule has 2 nitrogen and oxygen atoms in total. The van der Waals surface area contributed by atoms with Crippen molar-refractivity contribution in [3.05, 3.63) is 23.8 Å². The van der Waals surface area contributed by atoms with Gasteiger partial charge in [0.15, 0.2) is 6.29 Å². The van der Waals surface area contributed by atoms with Gasteiger partial charge >= 0.3 is 0 Å². The second-order valence-electron chi connectivity index (χ2n) is 3.01. The molecule has 68 valence electrons. The fraction of sp³-hybridized carbons (Fsp3) is 0.600. The lowest BCUT2D eigenvalue weighted by Crippen LogP contribution is -2.09. The van der Waals surface area contributed by atoms with Crippen molar-refractivity contribution < 1.29 is 9.84 Å². The molecule has 1 aliphatic carbocycles. The van der Waals surface area contributed by atoms with Crippen LogP contribution in [0.4, 0.5) is 0 Å². The van der Waals surface area contributed by atoms with Crippen molar-refractivity contribution in [2.45, 2.75) is 32.0 Å². The molecular weight excluding hydrogens is 152 g/mol. The second kappa shape index (κ2) is 5.12. The topological polar surface area (TPSA) is 29.5 Å². The number of hydrogen-bond acceptors (Lipinski definition) is 2. The molecule has 1 atom stereocenters. The minimum atomic E-state index is -0.636. The molecular formula is C10H16O2. The first kappa shape index (κ1) is 9.49. The molecule has 0 saturated carbocycles. The number of rotatable bonds is 3. The van der Waals surface area contributed by atoms with Gasteiger partial charge in [-0.25, -0.2) is 0 Å². The minimum Gasteiger partial charge on any atom is -0.368 e. The Balaban J connectivity index is 2.39. The number of hydrogen-bond donors (Lipinski definition) is 1. The van der Waals surface area contributed by atoms with Crippen LogP contribution in [0.3, 0.4) is 0 Å². The summed E-state index contributed by atoms with van der Waals surface area (Å²) < 4.78 is 4.78. The smallest absolute Gasteiger partial charge is 0.157 e. The van der Waals surface area contributed by atoms with E-state index in [0.29, 0.717) is 6.42 Å². The summed E-state index contributed by atoms with van der Waals surface area (Å²) in [4.78, 5) is 0. The molecule has 0 aliphatic heterocycles. The molecule has 0 bridgehead atoms. The normalized spacial score (nSPS) is 20.0. The van der Waals surface area contributed by atoms with E-state index >= 15 is 0 Å². The molecule has 0 spiro atoms. The fourth-order valence-electron chi connectivity index (χ4n) is 1.29. The molecule has 0 amide bonds. The quantitative estimate of drug-likeness (QED) is 0.516. The van der Waals surface area contributed by atoms with Crippen LogP contribution in [0.25, 0.3) is 0 Å². The summed E-state index contributed by atoms with van der Waals surface area (Å²) in [6, 6.07) is 0. The van der Waals surface area contributed by atoms with E-state index < -0.39 is 6.29 Å². The molecule has 0 aromatic rings. The lowest BCUT2D eigenvalue weighted by molar-refractivity contribution is -0.0722. The summed E-state index contributed by atoms with van der Waals surface area (Å²) in [7, 11) is 1.53. The lowest BCUT2D eigenvalue weighted by Gasteiger charge is -2.09. The zero-order valence-corrected chi connectivity index (χ0v) is 7.49. The Bertz CT molecular complexity index is 182. The van der Waals surface area contributed by atoms with Crippen LogP contribution in [0.15, 0.2) is 23.8 Å². The van der Waals surface area contributed by atoms with Gasteiger partial charge in [0.25, 0.3) is 0 Å². The van der Waals surface area contributed by atoms with Gasteiger partial charge in [-0.1, -0.05) is 23.8 Å². The van der Waals surface area contributed by atoms with Crippen LogP contribution < -0.4 is 0 Å². The Morgan fingerprint density at radius 1 is 1.50 bits per heavy atom. The van der Waals surface area contributed by atoms with Crippen LogP contribution >= 0.6 is 0 Å². The molecule has 2 heteroatoms. The first-order valence-corrected chi connectivity index (χ1v) is 4.36. The molecule has 0 aromatic carbocycles. The molecule has 0 saturated heterocycles. The number of allylic oxidation sites excluding steroid dienone is 3. The van der Waals surface area contributed by atoms with Crippen molar-refractivity contribution in [3.63, 3.8) is 0 Å². The van der Waals surface area contributed by atoms with E-state index in [4.69, 9.17) is 4.74 Å². The van der Waals surface area contributed by atoms with Crippen molar-refractivity contribution in [2.75, 3.05) is 7.11 Å². The Labute approximate surface area is 73.5 Å². The Morgan fingerprint density at radius 2 is 2.33 bits per heavy atom. The molecule has 1 unspecified atom stereocenters. The van der Waals surface area contributed by atoms with Crippen LogP contribution in [0, 0.1) is 0 Å². The van der Waals surface area contributed by atoms with Gasteiger partial charge in [0.2, 0.25) is 0 Å². The fourth-order valence-corrected chi connectivity index (χ4v) is 1.29.